The highest BCUT2D eigenvalue weighted by Gasteiger charge is 2.24. The molecule has 5 nitrogen and oxygen atoms in total. The number of rotatable bonds is 9. The molecule has 3 unspecified atom stereocenters. The van der Waals surface area contributed by atoms with Crippen molar-refractivity contribution in [2.75, 3.05) is 39.6 Å². The van der Waals surface area contributed by atoms with Gasteiger partial charge in [-0.15, -0.1) is 6.42 Å². The Morgan fingerprint density at radius 1 is 1.21 bits per heavy atom. The first-order valence-corrected chi connectivity index (χ1v) is 6.86. The van der Waals surface area contributed by atoms with Gasteiger partial charge in [0.15, 0.2) is 6.29 Å². The van der Waals surface area contributed by atoms with Crippen LogP contribution in [-0.4, -0.2) is 58.1 Å². The fraction of sp³-hybridized carbons (Fsp3) is 0.857. The summed E-state index contributed by atoms with van der Waals surface area (Å²) >= 11 is 0. The van der Waals surface area contributed by atoms with Crippen LogP contribution in [0.25, 0.3) is 0 Å². The molecular formula is C14H22O5. The number of hydrogen-bond acceptors (Lipinski definition) is 5. The lowest BCUT2D eigenvalue weighted by Crippen LogP contribution is -2.34. The Balaban J connectivity index is 1.65. The molecule has 0 aromatic carbocycles. The Bertz CT molecular complexity index is 278. The monoisotopic (exact) mass is 270 g/mol. The van der Waals surface area contributed by atoms with Gasteiger partial charge in [-0.05, 0) is 19.3 Å². The quantitative estimate of drug-likeness (QED) is 0.355. The molecule has 3 atom stereocenters. The summed E-state index contributed by atoms with van der Waals surface area (Å²) in [5, 5.41) is 0. The van der Waals surface area contributed by atoms with E-state index >= 15 is 0 Å². The molecule has 19 heavy (non-hydrogen) atoms. The Hall–Kier alpha value is -0.640. The Labute approximate surface area is 114 Å². The largest absolute Gasteiger partial charge is 0.376 e. The molecule has 0 spiro atoms. The predicted octanol–water partition coefficient (Wildman–Crippen LogP) is 0.963. The summed E-state index contributed by atoms with van der Waals surface area (Å²) in [6.45, 7) is 3.36. The molecule has 0 radical (unpaired) electrons. The van der Waals surface area contributed by atoms with E-state index in [9.17, 15) is 0 Å². The number of epoxide rings is 1. The second-order valence-corrected chi connectivity index (χ2v) is 4.77. The van der Waals surface area contributed by atoms with Gasteiger partial charge >= 0.3 is 0 Å². The number of ether oxygens (including phenoxy) is 5. The van der Waals surface area contributed by atoms with E-state index < -0.39 is 0 Å². The van der Waals surface area contributed by atoms with E-state index in [-0.39, 0.29) is 25.1 Å². The molecule has 108 valence electrons. The maximum absolute atomic E-state index is 5.86. The van der Waals surface area contributed by atoms with Crippen molar-refractivity contribution in [1.82, 2.24) is 0 Å². The first kappa shape index (κ1) is 14.8. The zero-order chi connectivity index (χ0) is 13.3. The lowest BCUT2D eigenvalue weighted by atomic mass is 10.2. The zero-order valence-electron chi connectivity index (χ0n) is 11.2. The van der Waals surface area contributed by atoms with Crippen LogP contribution >= 0.6 is 0 Å². The maximum atomic E-state index is 5.86. The first-order valence-electron chi connectivity index (χ1n) is 6.86. The molecule has 0 aromatic rings. The van der Waals surface area contributed by atoms with E-state index in [0.29, 0.717) is 19.8 Å². The van der Waals surface area contributed by atoms with Crippen molar-refractivity contribution in [1.29, 1.82) is 0 Å². The molecule has 2 heterocycles. The second-order valence-electron chi connectivity index (χ2n) is 4.77. The molecule has 2 saturated heterocycles. The Kier molecular flexibility index (Phi) is 6.62. The average molecular weight is 270 g/mol. The Morgan fingerprint density at radius 2 is 2.05 bits per heavy atom. The SMILES string of the molecule is C#CCOCC(COCC1CO1)OC1CCCCO1. The van der Waals surface area contributed by atoms with E-state index in [1.807, 2.05) is 0 Å². The molecule has 5 heteroatoms. The third-order valence-electron chi connectivity index (χ3n) is 2.98. The molecule has 0 aromatic heterocycles. The molecule has 0 saturated carbocycles. The molecule has 2 rings (SSSR count). The van der Waals surface area contributed by atoms with E-state index in [0.717, 1.165) is 32.5 Å². The van der Waals surface area contributed by atoms with Crippen molar-refractivity contribution in [2.24, 2.45) is 0 Å². The molecule has 0 bridgehead atoms. The maximum Gasteiger partial charge on any atom is 0.158 e. The van der Waals surface area contributed by atoms with Crippen molar-refractivity contribution in [3.8, 4) is 12.3 Å². The third kappa shape index (κ3) is 6.37. The molecule has 0 aliphatic carbocycles. The molecule has 0 N–H and O–H groups in total. The fourth-order valence-electron chi connectivity index (χ4n) is 1.90. The highest BCUT2D eigenvalue weighted by Crippen LogP contribution is 2.16. The van der Waals surface area contributed by atoms with Gasteiger partial charge in [-0.3, -0.25) is 0 Å². The summed E-state index contributed by atoms with van der Waals surface area (Å²) in [6.07, 6.45) is 8.30. The van der Waals surface area contributed by atoms with Crippen LogP contribution in [0.2, 0.25) is 0 Å². The number of hydrogen-bond donors (Lipinski definition) is 0. The first-order chi connectivity index (χ1) is 9.38. The van der Waals surface area contributed by atoms with Gasteiger partial charge in [-0.1, -0.05) is 5.92 Å². The summed E-state index contributed by atoms with van der Waals surface area (Å²) in [7, 11) is 0. The van der Waals surface area contributed by atoms with Gasteiger partial charge in [0, 0.05) is 6.61 Å². The van der Waals surface area contributed by atoms with Crippen LogP contribution in [0.15, 0.2) is 0 Å². The summed E-state index contributed by atoms with van der Waals surface area (Å²) in [4.78, 5) is 0. The molecule has 2 fully saturated rings. The van der Waals surface area contributed by atoms with Crippen LogP contribution in [0.3, 0.4) is 0 Å². The summed E-state index contributed by atoms with van der Waals surface area (Å²) < 4.78 is 27.4. The minimum Gasteiger partial charge on any atom is -0.376 e. The second kappa shape index (κ2) is 8.51. The van der Waals surface area contributed by atoms with Crippen molar-refractivity contribution >= 4 is 0 Å². The van der Waals surface area contributed by atoms with Gasteiger partial charge in [0.1, 0.15) is 18.8 Å². The van der Waals surface area contributed by atoms with Crippen LogP contribution in [0.4, 0.5) is 0 Å². The molecule has 2 aliphatic rings. The predicted molar refractivity (Wildman–Crippen MR) is 68.7 cm³/mol. The third-order valence-corrected chi connectivity index (χ3v) is 2.98. The van der Waals surface area contributed by atoms with E-state index in [1.54, 1.807) is 0 Å². The van der Waals surface area contributed by atoms with Crippen LogP contribution in [-0.2, 0) is 23.7 Å². The van der Waals surface area contributed by atoms with E-state index in [2.05, 4.69) is 5.92 Å². The molecular weight excluding hydrogens is 248 g/mol. The lowest BCUT2D eigenvalue weighted by Gasteiger charge is -2.27. The van der Waals surface area contributed by atoms with Crippen molar-refractivity contribution < 1.29 is 23.7 Å². The lowest BCUT2D eigenvalue weighted by molar-refractivity contribution is -0.207. The van der Waals surface area contributed by atoms with E-state index in [1.165, 1.54) is 0 Å². The topological polar surface area (TPSA) is 49.5 Å². The smallest absolute Gasteiger partial charge is 0.158 e. The highest BCUT2D eigenvalue weighted by molar-refractivity contribution is 4.83. The number of terminal acetylenes is 1. The molecule has 2 aliphatic heterocycles. The minimum absolute atomic E-state index is 0.143. The Morgan fingerprint density at radius 3 is 2.74 bits per heavy atom. The van der Waals surface area contributed by atoms with Crippen LogP contribution < -0.4 is 0 Å². The normalized spacial score (nSPS) is 27.7. The summed E-state index contributed by atoms with van der Waals surface area (Å²) in [5.74, 6) is 2.44. The van der Waals surface area contributed by atoms with Crippen molar-refractivity contribution in [3.05, 3.63) is 0 Å². The average Bonchev–Trinajstić information content (AvgIpc) is 3.24. The van der Waals surface area contributed by atoms with Crippen LogP contribution in [0.5, 0.6) is 0 Å². The zero-order valence-corrected chi connectivity index (χ0v) is 11.2. The van der Waals surface area contributed by atoms with Crippen molar-refractivity contribution in [3.63, 3.8) is 0 Å². The van der Waals surface area contributed by atoms with Crippen LogP contribution in [0.1, 0.15) is 19.3 Å². The van der Waals surface area contributed by atoms with Gasteiger partial charge < -0.3 is 23.7 Å². The van der Waals surface area contributed by atoms with Gasteiger partial charge in [-0.25, -0.2) is 0 Å². The van der Waals surface area contributed by atoms with Gasteiger partial charge in [-0.2, -0.15) is 0 Å². The minimum atomic E-state index is -0.144. The highest BCUT2D eigenvalue weighted by atomic mass is 16.7. The van der Waals surface area contributed by atoms with Crippen molar-refractivity contribution in [2.45, 2.75) is 37.8 Å². The van der Waals surface area contributed by atoms with Gasteiger partial charge in [0.25, 0.3) is 0 Å². The van der Waals surface area contributed by atoms with Gasteiger partial charge in [0.2, 0.25) is 0 Å². The fourth-order valence-corrected chi connectivity index (χ4v) is 1.90. The molecule has 0 amide bonds. The summed E-state index contributed by atoms with van der Waals surface area (Å²) in [6, 6.07) is 0. The van der Waals surface area contributed by atoms with E-state index in [4.69, 9.17) is 30.1 Å². The summed E-state index contributed by atoms with van der Waals surface area (Å²) in [5.41, 5.74) is 0. The standard InChI is InChI=1S/C14H22O5/c1-2-6-15-9-13(10-16-8-12-11-18-12)19-14-5-3-4-7-17-14/h1,12-14H,3-11H2. The van der Waals surface area contributed by atoms with Crippen LogP contribution in [0, 0.1) is 12.3 Å². The van der Waals surface area contributed by atoms with Gasteiger partial charge in [0.05, 0.1) is 26.4 Å².